The van der Waals surface area contributed by atoms with Crippen LogP contribution in [0.4, 0.5) is 0 Å². The number of nitrogens with zero attached hydrogens (tertiary/aromatic N) is 1. The zero-order valence-corrected chi connectivity index (χ0v) is 10.2. The van der Waals surface area contributed by atoms with Gasteiger partial charge in [-0.05, 0) is 18.4 Å². The molecule has 0 fully saturated rings. The Hall–Kier alpha value is -1.81. The van der Waals surface area contributed by atoms with Crippen LogP contribution in [0.3, 0.4) is 0 Å². The number of aliphatic hydroxyl groups is 1. The van der Waals surface area contributed by atoms with Crippen molar-refractivity contribution < 1.29 is 9.52 Å². The lowest BCUT2D eigenvalue weighted by Gasteiger charge is -1.99. The van der Waals surface area contributed by atoms with Crippen LogP contribution in [0.1, 0.15) is 24.2 Å². The number of unbranched alkanes of at least 4 members (excludes halogenated alkanes) is 1. The minimum atomic E-state index is -0.321. The van der Waals surface area contributed by atoms with Crippen molar-refractivity contribution in [3.8, 4) is 0 Å². The molecule has 0 unspecified atom stereocenters. The number of oxazole rings is 1. The minimum absolute atomic E-state index is 0.176. The summed E-state index contributed by atoms with van der Waals surface area (Å²) in [6.07, 6.45) is 4.01. The summed E-state index contributed by atoms with van der Waals surface area (Å²) in [5, 5.41) is 8.70. The van der Waals surface area contributed by atoms with Gasteiger partial charge in [0.1, 0.15) is 5.76 Å². The largest absolute Gasteiger partial charge is 0.419 e. The van der Waals surface area contributed by atoms with Crippen molar-refractivity contribution in [3.63, 3.8) is 0 Å². The van der Waals surface area contributed by atoms with Gasteiger partial charge in [0.15, 0.2) is 0 Å². The lowest BCUT2D eigenvalue weighted by Crippen LogP contribution is -2.13. The Morgan fingerprint density at radius 3 is 2.67 bits per heavy atom. The van der Waals surface area contributed by atoms with Gasteiger partial charge in [-0.25, -0.2) is 4.79 Å². The molecule has 1 aromatic carbocycles. The van der Waals surface area contributed by atoms with Crippen molar-refractivity contribution in [2.24, 2.45) is 0 Å². The first-order valence-electron chi connectivity index (χ1n) is 6.13. The molecule has 18 heavy (non-hydrogen) atoms. The second kappa shape index (κ2) is 6.21. The van der Waals surface area contributed by atoms with Crippen LogP contribution in [0.15, 0.2) is 45.7 Å². The Balaban J connectivity index is 2.03. The van der Waals surface area contributed by atoms with E-state index in [0.717, 1.165) is 18.4 Å². The van der Waals surface area contributed by atoms with Crippen LogP contribution in [-0.2, 0) is 13.0 Å². The molecule has 2 rings (SSSR count). The summed E-state index contributed by atoms with van der Waals surface area (Å²) < 4.78 is 6.73. The monoisotopic (exact) mass is 247 g/mol. The molecule has 1 heterocycles. The highest BCUT2D eigenvalue weighted by molar-refractivity contribution is 5.15. The van der Waals surface area contributed by atoms with Crippen molar-refractivity contribution >= 4 is 0 Å². The van der Waals surface area contributed by atoms with Crippen LogP contribution in [0.5, 0.6) is 0 Å². The number of aromatic nitrogens is 1. The van der Waals surface area contributed by atoms with E-state index in [-0.39, 0.29) is 12.4 Å². The van der Waals surface area contributed by atoms with E-state index in [2.05, 4.69) is 0 Å². The molecule has 0 spiro atoms. The first-order chi connectivity index (χ1) is 8.79. The average molecular weight is 247 g/mol. The topological polar surface area (TPSA) is 55.4 Å². The Kier molecular flexibility index (Phi) is 4.36. The number of benzene rings is 1. The fraction of sp³-hybridized carbons (Fsp3) is 0.357. The Morgan fingerprint density at radius 1 is 1.17 bits per heavy atom. The van der Waals surface area contributed by atoms with Crippen molar-refractivity contribution in [2.45, 2.75) is 25.8 Å². The standard InChI is InChI=1S/C14H17NO3/c16-9-5-4-8-13-11-15(14(17)18-13)10-12-6-2-1-3-7-12/h1-3,6-7,11,16H,4-5,8-10H2. The Morgan fingerprint density at radius 2 is 1.94 bits per heavy atom. The van der Waals surface area contributed by atoms with E-state index < -0.39 is 0 Å². The summed E-state index contributed by atoms with van der Waals surface area (Å²) in [4.78, 5) is 11.6. The molecule has 0 amide bonds. The van der Waals surface area contributed by atoms with Gasteiger partial charge >= 0.3 is 5.76 Å². The molecule has 0 bridgehead atoms. The minimum Gasteiger partial charge on any atom is -0.413 e. The third kappa shape index (κ3) is 3.34. The highest BCUT2D eigenvalue weighted by atomic mass is 16.4. The maximum Gasteiger partial charge on any atom is 0.419 e. The normalized spacial score (nSPS) is 10.7. The first-order valence-corrected chi connectivity index (χ1v) is 6.13. The molecule has 0 atom stereocenters. The van der Waals surface area contributed by atoms with E-state index in [1.807, 2.05) is 30.3 Å². The lowest BCUT2D eigenvalue weighted by atomic mass is 10.2. The van der Waals surface area contributed by atoms with Crippen molar-refractivity contribution in [3.05, 3.63) is 58.4 Å². The molecule has 0 saturated heterocycles. The smallest absolute Gasteiger partial charge is 0.413 e. The Labute approximate surface area is 105 Å². The van der Waals surface area contributed by atoms with E-state index in [0.29, 0.717) is 18.7 Å². The second-order valence-electron chi connectivity index (χ2n) is 4.26. The molecule has 1 aromatic heterocycles. The van der Waals surface area contributed by atoms with Crippen molar-refractivity contribution in [1.82, 2.24) is 4.57 Å². The molecular weight excluding hydrogens is 230 g/mol. The van der Waals surface area contributed by atoms with Crippen LogP contribution < -0.4 is 5.76 Å². The summed E-state index contributed by atoms with van der Waals surface area (Å²) in [5.74, 6) is 0.363. The fourth-order valence-corrected chi connectivity index (χ4v) is 1.84. The van der Waals surface area contributed by atoms with Crippen LogP contribution in [0.25, 0.3) is 0 Å². The predicted octanol–water partition coefficient (Wildman–Crippen LogP) is 1.80. The van der Waals surface area contributed by atoms with E-state index in [1.54, 1.807) is 10.8 Å². The fourth-order valence-electron chi connectivity index (χ4n) is 1.84. The highest BCUT2D eigenvalue weighted by Crippen LogP contribution is 2.06. The number of rotatable bonds is 6. The number of hydrogen-bond acceptors (Lipinski definition) is 3. The zero-order valence-electron chi connectivity index (χ0n) is 10.2. The molecular formula is C14H17NO3. The van der Waals surface area contributed by atoms with Gasteiger partial charge in [-0.1, -0.05) is 30.3 Å². The van der Waals surface area contributed by atoms with Crippen molar-refractivity contribution in [1.29, 1.82) is 0 Å². The van der Waals surface area contributed by atoms with Gasteiger partial charge in [-0.3, -0.25) is 4.57 Å². The molecule has 0 aliphatic carbocycles. The van der Waals surface area contributed by atoms with Gasteiger partial charge in [0.05, 0.1) is 6.54 Å². The summed E-state index contributed by atoms with van der Waals surface area (Å²) in [6.45, 7) is 0.706. The van der Waals surface area contributed by atoms with E-state index in [4.69, 9.17) is 9.52 Å². The third-order valence-corrected chi connectivity index (χ3v) is 2.78. The molecule has 1 N–H and O–H groups in total. The number of aryl methyl sites for hydroxylation is 1. The van der Waals surface area contributed by atoms with Crippen molar-refractivity contribution in [2.75, 3.05) is 6.61 Å². The summed E-state index contributed by atoms with van der Waals surface area (Å²) in [7, 11) is 0. The van der Waals surface area contributed by atoms with Crippen LogP contribution in [0.2, 0.25) is 0 Å². The molecule has 96 valence electrons. The van der Waals surface area contributed by atoms with E-state index in [9.17, 15) is 4.79 Å². The highest BCUT2D eigenvalue weighted by Gasteiger charge is 2.06. The maximum absolute atomic E-state index is 11.6. The average Bonchev–Trinajstić information content (AvgIpc) is 2.72. The molecule has 0 aliphatic heterocycles. The summed E-state index contributed by atoms with van der Waals surface area (Å²) in [6, 6.07) is 9.79. The zero-order chi connectivity index (χ0) is 12.8. The van der Waals surface area contributed by atoms with Crippen LogP contribution in [-0.4, -0.2) is 16.3 Å². The van der Waals surface area contributed by atoms with Crippen LogP contribution in [0, 0.1) is 0 Å². The van der Waals surface area contributed by atoms with Crippen LogP contribution >= 0.6 is 0 Å². The molecule has 0 aliphatic rings. The predicted molar refractivity (Wildman–Crippen MR) is 68.5 cm³/mol. The van der Waals surface area contributed by atoms with Gasteiger partial charge in [0.2, 0.25) is 0 Å². The van der Waals surface area contributed by atoms with Gasteiger partial charge < -0.3 is 9.52 Å². The molecule has 2 aromatic rings. The van der Waals surface area contributed by atoms with E-state index >= 15 is 0 Å². The number of hydrogen-bond donors (Lipinski definition) is 1. The van der Waals surface area contributed by atoms with Gasteiger partial charge in [-0.15, -0.1) is 0 Å². The lowest BCUT2D eigenvalue weighted by molar-refractivity contribution is 0.283. The molecule has 4 heteroatoms. The molecule has 0 radical (unpaired) electrons. The summed E-state index contributed by atoms with van der Waals surface area (Å²) in [5.41, 5.74) is 1.07. The van der Waals surface area contributed by atoms with Gasteiger partial charge in [0, 0.05) is 19.2 Å². The maximum atomic E-state index is 11.6. The van der Waals surface area contributed by atoms with E-state index in [1.165, 1.54) is 0 Å². The van der Waals surface area contributed by atoms with Gasteiger partial charge in [0.25, 0.3) is 0 Å². The SMILES string of the molecule is O=c1oc(CCCCO)cn1Cc1ccccc1. The summed E-state index contributed by atoms with van der Waals surface area (Å²) >= 11 is 0. The number of aliphatic hydroxyl groups excluding tert-OH is 1. The van der Waals surface area contributed by atoms with Gasteiger partial charge in [-0.2, -0.15) is 0 Å². The Bertz CT molecular complexity index is 527. The first kappa shape index (κ1) is 12.6. The second-order valence-corrected chi connectivity index (χ2v) is 4.26. The third-order valence-electron chi connectivity index (χ3n) is 2.78. The molecule has 0 saturated carbocycles. The quantitative estimate of drug-likeness (QED) is 0.792. The molecule has 4 nitrogen and oxygen atoms in total.